The Morgan fingerprint density at radius 2 is 2.07 bits per heavy atom. The van der Waals surface area contributed by atoms with Gasteiger partial charge in [0, 0.05) is 40.4 Å². The zero-order valence-corrected chi connectivity index (χ0v) is 20.3. The number of hydrazone groups is 1. The Morgan fingerprint density at radius 1 is 1.27 bits per heavy atom. The molecule has 0 bridgehead atoms. The molecule has 2 aliphatic heterocycles. The molecule has 9 heteroatoms. The molecule has 2 N–H and O–H groups in total. The van der Waals surface area contributed by atoms with Crippen molar-refractivity contribution in [2.45, 2.75) is 44.1 Å². The number of thiophene rings is 1. The lowest BCUT2D eigenvalue weighted by Gasteiger charge is -2.27. The number of hydrazine groups is 1. The van der Waals surface area contributed by atoms with Crippen LogP contribution in [0.15, 0.2) is 39.2 Å². The maximum Gasteiger partial charge on any atom is 0.281 e. The number of nitrogens with zero attached hydrogens (tertiary/aromatic N) is 2. The maximum atomic E-state index is 12.7. The number of amides is 1. The minimum atomic E-state index is -0.119. The molecular weight excluding hydrogens is 507 g/mol. The Balaban J connectivity index is 1.49. The van der Waals surface area contributed by atoms with E-state index in [4.69, 9.17) is 23.2 Å². The van der Waals surface area contributed by atoms with E-state index < -0.39 is 0 Å². The molecule has 2 aliphatic rings. The van der Waals surface area contributed by atoms with Gasteiger partial charge in [0.2, 0.25) is 0 Å². The van der Waals surface area contributed by atoms with E-state index in [9.17, 15) is 4.79 Å². The molecule has 160 valence electrons. The Hall–Kier alpha value is -1.12. The average molecular weight is 530 g/mol. The van der Waals surface area contributed by atoms with Crippen LogP contribution < -0.4 is 10.9 Å². The molecule has 3 heterocycles. The first kappa shape index (κ1) is 22.1. The largest absolute Gasteiger partial charge is 0.306 e. The summed E-state index contributed by atoms with van der Waals surface area (Å²) in [6.45, 7) is 1.79. The number of benzene rings is 1. The molecule has 1 amide bonds. The first-order chi connectivity index (χ1) is 14.5. The number of nitrogens with one attached hydrogen (secondary N) is 2. The average Bonchev–Trinajstić information content (AvgIpc) is 3.37. The molecule has 0 radical (unpaired) electrons. The van der Waals surface area contributed by atoms with Crippen molar-refractivity contribution in [1.82, 2.24) is 15.9 Å². The highest BCUT2D eigenvalue weighted by molar-refractivity contribution is 9.11. The van der Waals surface area contributed by atoms with Gasteiger partial charge in [-0.25, -0.2) is 5.01 Å². The Labute approximate surface area is 198 Å². The summed E-state index contributed by atoms with van der Waals surface area (Å²) >= 11 is 17.9. The molecule has 30 heavy (non-hydrogen) atoms. The van der Waals surface area contributed by atoms with Crippen LogP contribution in [0.5, 0.6) is 0 Å². The van der Waals surface area contributed by atoms with E-state index >= 15 is 0 Å². The highest BCUT2D eigenvalue weighted by Gasteiger charge is 2.33. The quantitative estimate of drug-likeness (QED) is 0.528. The van der Waals surface area contributed by atoms with Gasteiger partial charge in [-0.15, -0.1) is 11.3 Å². The Morgan fingerprint density at radius 3 is 2.77 bits per heavy atom. The topological polar surface area (TPSA) is 56.7 Å². The SMILES string of the molecule is O=C(NN1CCCCC1)C1=NNC(C(Cc2ccc(Br)s2)c2ccc(Cl)cc2Cl)C1. The van der Waals surface area contributed by atoms with Gasteiger partial charge in [0.25, 0.3) is 5.91 Å². The van der Waals surface area contributed by atoms with Crippen molar-refractivity contribution in [3.8, 4) is 0 Å². The van der Waals surface area contributed by atoms with Gasteiger partial charge in [0.1, 0.15) is 5.71 Å². The summed E-state index contributed by atoms with van der Waals surface area (Å²) in [7, 11) is 0. The van der Waals surface area contributed by atoms with Crippen molar-refractivity contribution in [3.63, 3.8) is 0 Å². The van der Waals surface area contributed by atoms with Crippen molar-refractivity contribution in [2.24, 2.45) is 5.10 Å². The highest BCUT2D eigenvalue weighted by atomic mass is 79.9. The lowest BCUT2D eigenvalue weighted by molar-refractivity contribution is -0.119. The molecular formula is C21H23BrCl2N4OS. The molecule has 1 aromatic heterocycles. The fourth-order valence-corrected chi connectivity index (χ4v) is 6.09. The van der Waals surface area contributed by atoms with E-state index in [-0.39, 0.29) is 17.9 Å². The summed E-state index contributed by atoms with van der Waals surface area (Å²) in [6, 6.07) is 9.76. The second kappa shape index (κ2) is 10.0. The molecule has 4 rings (SSSR count). The normalized spacial score (nSPS) is 20.5. The molecule has 2 atom stereocenters. The standard InChI is InChI=1S/C21H23BrCl2N4OS/c22-20-7-5-14(30-20)11-16(15-6-4-13(23)10-17(15)24)18-12-19(26-25-18)21(29)27-28-8-2-1-3-9-28/h4-7,10,16,18,25H,1-3,8-9,11-12H2,(H,27,29). The van der Waals surface area contributed by atoms with Crippen molar-refractivity contribution in [3.05, 3.63) is 54.6 Å². The number of piperidine rings is 1. The molecule has 0 saturated carbocycles. The number of hydrogen-bond donors (Lipinski definition) is 2. The third-order valence-electron chi connectivity index (χ3n) is 5.55. The van der Waals surface area contributed by atoms with Gasteiger partial charge in [-0.05, 0) is 65.0 Å². The number of rotatable bonds is 6. The van der Waals surface area contributed by atoms with Crippen LogP contribution in [0, 0.1) is 0 Å². The number of carbonyl (C=O) groups excluding carboxylic acids is 1. The molecule has 2 aromatic rings. The van der Waals surface area contributed by atoms with E-state index in [1.54, 1.807) is 17.4 Å². The number of carbonyl (C=O) groups is 1. The smallest absolute Gasteiger partial charge is 0.281 e. The van der Waals surface area contributed by atoms with Crippen molar-refractivity contribution in [2.75, 3.05) is 13.1 Å². The first-order valence-electron chi connectivity index (χ1n) is 10.1. The van der Waals surface area contributed by atoms with Gasteiger partial charge in [0.05, 0.1) is 9.83 Å². The molecule has 5 nitrogen and oxygen atoms in total. The van der Waals surface area contributed by atoms with Crippen LogP contribution in [0.2, 0.25) is 10.0 Å². The second-order valence-electron chi connectivity index (χ2n) is 7.67. The predicted octanol–water partition coefficient (Wildman–Crippen LogP) is 5.38. The zero-order valence-electron chi connectivity index (χ0n) is 16.3. The number of hydrogen-bond acceptors (Lipinski definition) is 5. The summed E-state index contributed by atoms with van der Waals surface area (Å²) < 4.78 is 1.09. The van der Waals surface area contributed by atoms with Crippen LogP contribution in [0.25, 0.3) is 0 Å². The van der Waals surface area contributed by atoms with Crippen LogP contribution in [-0.4, -0.2) is 35.8 Å². The summed E-state index contributed by atoms with van der Waals surface area (Å²) in [5.41, 5.74) is 7.76. The van der Waals surface area contributed by atoms with Crippen molar-refractivity contribution < 1.29 is 4.79 Å². The van der Waals surface area contributed by atoms with Gasteiger partial charge in [-0.3, -0.25) is 10.2 Å². The Kier molecular flexibility index (Phi) is 7.36. The second-order valence-corrected chi connectivity index (χ2v) is 11.1. The van der Waals surface area contributed by atoms with Crippen LogP contribution in [0.1, 0.15) is 42.0 Å². The summed E-state index contributed by atoms with van der Waals surface area (Å²) in [5.74, 6) is -0.0592. The van der Waals surface area contributed by atoms with Crippen molar-refractivity contribution >= 4 is 62.1 Å². The van der Waals surface area contributed by atoms with E-state index in [1.165, 1.54) is 11.3 Å². The monoisotopic (exact) mass is 528 g/mol. The van der Waals surface area contributed by atoms with Gasteiger partial charge < -0.3 is 5.43 Å². The van der Waals surface area contributed by atoms with Crippen LogP contribution in [0.3, 0.4) is 0 Å². The minimum absolute atomic E-state index is 0.0216. The van der Waals surface area contributed by atoms with Gasteiger partial charge in [-0.2, -0.15) is 5.10 Å². The van der Waals surface area contributed by atoms with E-state index in [1.807, 2.05) is 17.1 Å². The lowest BCUT2D eigenvalue weighted by atomic mass is 9.86. The third kappa shape index (κ3) is 5.37. The first-order valence-corrected chi connectivity index (χ1v) is 12.4. The summed E-state index contributed by atoms with van der Waals surface area (Å²) in [4.78, 5) is 14.0. The van der Waals surface area contributed by atoms with Gasteiger partial charge in [0.15, 0.2) is 0 Å². The molecule has 1 aromatic carbocycles. The van der Waals surface area contributed by atoms with Crippen LogP contribution in [-0.2, 0) is 11.2 Å². The van der Waals surface area contributed by atoms with E-state index in [0.717, 1.165) is 41.7 Å². The Bertz CT molecular complexity index is 945. The summed E-state index contributed by atoms with van der Waals surface area (Å²) in [5, 5.41) is 7.62. The molecule has 0 aliphatic carbocycles. The molecule has 2 unspecified atom stereocenters. The van der Waals surface area contributed by atoms with E-state index in [2.05, 4.69) is 44.0 Å². The van der Waals surface area contributed by atoms with Crippen molar-refractivity contribution in [1.29, 1.82) is 0 Å². The number of halogens is 3. The molecule has 1 fully saturated rings. The predicted molar refractivity (Wildman–Crippen MR) is 127 cm³/mol. The van der Waals surface area contributed by atoms with Crippen LogP contribution >= 0.6 is 50.5 Å². The zero-order chi connectivity index (χ0) is 21.1. The van der Waals surface area contributed by atoms with Gasteiger partial charge in [-0.1, -0.05) is 35.7 Å². The van der Waals surface area contributed by atoms with Crippen LogP contribution in [0.4, 0.5) is 0 Å². The third-order valence-corrected chi connectivity index (χ3v) is 7.76. The fourth-order valence-electron chi connectivity index (χ4n) is 4.00. The molecule has 1 saturated heterocycles. The molecule has 0 spiro atoms. The van der Waals surface area contributed by atoms with E-state index in [0.29, 0.717) is 22.2 Å². The fraction of sp³-hybridized carbons (Fsp3) is 0.429. The van der Waals surface area contributed by atoms with Gasteiger partial charge >= 0.3 is 0 Å². The summed E-state index contributed by atoms with van der Waals surface area (Å²) in [6.07, 6.45) is 4.79. The lowest BCUT2D eigenvalue weighted by Crippen LogP contribution is -2.47. The highest BCUT2D eigenvalue weighted by Crippen LogP contribution is 2.36. The minimum Gasteiger partial charge on any atom is -0.306 e. The maximum absolute atomic E-state index is 12.7.